The van der Waals surface area contributed by atoms with Crippen LogP contribution in [0.2, 0.25) is 0 Å². The molecule has 23 heavy (non-hydrogen) atoms. The highest BCUT2D eigenvalue weighted by atomic mass is 16.5. The average molecular weight is 311 g/mol. The summed E-state index contributed by atoms with van der Waals surface area (Å²) in [6, 6.07) is 13.8. The normalized spacial score (nSPS) is 12.4. The number of carbonyl (C=O) groups is 1. The van der Waals surface area contributed by atoms with Gasteiger partial charge in [0.05, 0.1) is 19.6 Å². The van der Waals surface area contributed by atoms with Crippen molar-refractivity contribution in [3.05, 3.63) is 59.2 Å². The number of fused-ring (bicyclic) bond motifs is 1. The van der Waals surface area contributed by atoms with Gasteiger partial charge in [0, 0.05) is 6.42 Å². The van der Waals surface area contributed by atoms with Crippen LogP contribution in [0.15, 0.2) is 42.5 Å². The number of benzene rings is 2. The van der Waals surface area contributed by atoms with Crippen molar-refractivity contribution in [1.29, 1.82) is 0 Å². The largest absolute Gasteiger partial charge is 0.493 e. The van der Waals surface area contributed by atoms with Gasteiger partial charge in [-0.1, -0.05) is 24.3 Å². The van der Waals surface area contributed by atoms with E-state index in [1.54, 1.807) is 0 Å². The predicted molar refractivity (Wildman–Crippen MR) is 89.0 cm³/mol. The molecule has 0 aliphatic carbocycles. The van der Waals surface area contributed by atoms with E-state index in [1.165, 1.54) is 5.56 Å². The summed E-state index contributed by atoms with van der Waals surface area (Å²) in [7, 11) is 0. The molecular weight excluding hydrogens is 290 g/mol. The average Bonchev–Trinajstić information content (AvgIpc) is 2.99. The third-order valence-electron chi connectivity index (χ3n) is 3.80. The van der Waals surface area contributed by atoms with Gasteiger partial charge in [-0.3, -0.25) is 4.79 Å². The third-order valence-corrected chi connectivity index (χ3v) is 3.80. The highest BCUT2D eigenvalue weighted by Crippen LogP contribution is 2.25. The van der Waals surface area contributed by atoms with Crippen molar-refractivity contribution < 1.29 is 14.3 Å². The van der Waals surface area contributed by atoms with E-state index in [0.717, 1.165) is 35.7 Å². The molecule has 0 unspecified atom stereocenters. The first kappa shape index (κ1) is 15.4. The lowest BCUT2D eigenvalue weighted by atomic mass is 10.1. The maximum absolute atomic E-state index is 12.0. The zero-order valence-corrected chi connectivity index (χ0v) is 13.3. The lowest BCUT2D eigenvalue weighted by molar-refractivity contribution is -0.120. The van der Waals surface area contributed by atoms with E-state index >= 15 is 0 Å². The minimum absolute atomic E-state index is 0.0108. The maximum atomic E-state index is 12.0. The minimum atomic E-state index is 0.0108. The summed E-state index contributed by atoms with van der Waals surface area (Å²) in [6.07, 6.45) is 1.31. The lowest BCUT2D eigenvalue weighted by Crippen LogP contribution is -2.29. The zero-order valence-electron chi connectivity index (χ0n) is 13.3. The SMILES string of the molecule is Cc1cccc(OCCNC(=O)Cc2ccc3c(c2)CCO3)c1. The van der Waals surface area contributed by atoms with Crippen molar-refractivity contribution in [2.24, 2.45) is 0 Å². The molecule has 0 spiro atoms. The molecule has 2 aromatic rings. The molecule has 0 saturated carbocycles. The number of hydrogen-bond acceptors (Lipinski definition) is 3. The Labute approximate surface area is 136 Å². The molecule has 1 heterocycles. The van der Waals surface area contributed by atoms with Crippen molar-refractivity contribution >= 4 is 5.91 Å². The molecule has 4 nitrogen and oxygen atoms in total. The highest BCUT2D eigenvalue weighted by molar-refractivity contribution is 5.78. The van der Waals surface area contributed by atoms with E-state index in [2.05, 4.69) is 11.4 Å². The van der Waals surface area contributed by atoms with Crippen molar-refractivity contribution in [1.82, 2.24) is 5.32 Å². The van der Waals surface area contributed by atoms with Gasteiger partial charge in [0.1, 0.15) is 18.1 Å². The Balaban J connectivity index is 1.41. The fourth-order valence-electron chi connectivity index (χ4n) is 2.66. The Morgan fingerprint density at radius 3 is 3.04 bits per heavy atom. The number of aryl methyl sites for hydroxylation is 1. The van der Waals surface area contributed by atoms with Crippen LogP contribution in [0.4, 0.5) is 0 Å². The number of nitrogens with one attached hydrogen (secondary N) is 1. The minimum Gasteiger partial charge on any atom is -0.493 e. The Bertz CT molecular complexity index is 697. The van der Waals surface area contributed by atoms with Gasteiger partial charge >= 0.3 is 0 Å². The van der Waals surface area contributed by atoms with Crippen LogP contribution < -0.4 is 14.8 Å². The van der Waals surface area contributed by atoms with E-state index in [4.69, 9.17) is 9.47 Å². The fraction of sp³-hybridized carbons (Fsp3) is 0.316. The quantitative estimate of drug-likeness (QED) is 0.834. The second-order valence-electron chi connectivity index (χ2n) is 5.73. The van der Waals surface area contributed by atoms with Crippen LogP contribution in [-0.4, -0.2) is 25.7 Å². The van der Waals surface area contributed by atoms with Crippen LogP contribution in [0.3, 0.4) is 0 Å². The van der Waals surface area contributed by atoms with Gasteiger partial charge in [-0.05, 0) is 41.8 Å². The summed E-state index contributed by atoms with van der Waals surface area (Å²) in [6.45, 7) is 3.73. The molecule has 1 N–H and O–H groups in total. The standard InChI is InChI=1S/C19H21NO3/c1-14-3-2-4-17(11-14)22-10-8-20-19(21)13-15-5-6-18-16(12-15)7-9-23-18/h2-6,11-12H,7-10,13H2,1H3,(H,20,21). The summed E-state index contributed by atoms with van der Waals surface area (Å²) in [5, 5.41) is 2.89. The number of ether oxygens (including phenoxy) is 2. The van der Waals surface area contributed by atoms with Crippen LogP contribution in [0.25, 0.3) is 0 Å². The van der Waals surface area contributed by atoms with Crippen LogP contribution in [0.5, 0.6) is 11.5 Å². The van der Waals surface area contributed by atoms with Crippen molar-refractivity contribution in [3.63, 3.8) is 0 Å². The van der Waals surface area contributed by atoms with Gasteiger partial charge in [0.2, 0.25) is 5.91 Å². The van der Waals surface area contributed by atoms with Crippen LogP contribution in [-0.2, 0) is 17.6 Å². The molecule has 0 atom stereocenters. The Kier molecular flexibility index (Phi) is 4.81. The molecule has 3 rings (SSSR count). The fourth-order valence-corrected chi connectivity index (χ4v) is 2.66. The van der Waals surface area contributed by atoms with Gasteiger partial charge in [-0.15, -0.1) is 0 Å². The first-order chi connectivity index (χ1) is 11.2. The van der Waals surface area contributed by atoms with Gasteiger partial charge < -0.3 is 14.8 Å². The number of carbonyl (C=O) groups excluding carboxylic acids is 1. The first-order valence-electron chi connectivity index (χ1n) is 7.91. The molecule has 0 aromatic heterocycles. The Hall–Kier alpha value is -2.49. The predicted octanol–water partition coefficient (Wildman–Crippen LogP) is 2.67. The van der Waals surface area contributed by atoms with Crippen molar-refractivity contribution in [2.75, 3.05) is 19.8 Å². The van der Waals surface area contributed by atoms with E-state index < -0.39 is 0 Å². The zero-order chi connectivity index (χ0) is 16.1. The lowest BCUT2D eigenvalue weighted by Gasteiger charge is -2.09. The van der Waals surface area contributed by atoms with Gasteiger partial charge in [-0.25, -0.2) is 0 Å². The Morgan fingerprint density at radius 2 is 2.17 bits per heavy atom. The Morgan fingerprint density at radius 1 is 1.26 bits per heavy atom. The van der Waals surface area contributed by atoms with E-state index in [9.17, 15) is 4.79 Å². The second kappa shape index (κ2) is 7.18. The van der Waals surface area contributed by atoms with Gasteiger partial charge in [0.25, 0.3) is 0 Å². The van der Waals surface area contributed by atoms with Crippen molar-refractivity contribution in [2.45, 2.75) is 19.8 Å². The van der Waals surface area contributed by atoms with Crippen LogP contribution >= 0.6 is 0 Å². The molecule has 120 valence electrons. The summed E-state index contributed by atoms with van der Waals surface area (Å²) in [4.78, 5) is 12.0. The molecule has 2 aromatic carbocycles. The molecule has 1 aliphatic heterocycles. The molecule has 0 fully saturated rings. The molecular formula is C19H21NO3. The van der Waals surface area contributed by atoms with Crippen molar-refractivity contribution in [3.8, 4) is 11.5 Å². The van der Waals surface area contributed by atoms with E-state index in [1.807, 2.05) is 43.3 Å². The number of amides is 1. The van der Waals surface area contributed by atoms with E-state index in [-0.39, 0.29) is 5.91 Å². The topological polar surface area (TPSA) is 47.6 Å². The molecule has 0 saturated heterocycles. The maximum Gasteiger partial charge on any atom is 0.224 e. The van der Waals surface area contributed by atoms with Gasteiger partial charge in [0.15, 0.2) is 0 Å². The molecule has 4 heteroatoms. The molecule has 1 aliphatic rings. The van der Waals surface area contributed by atoms with Gasteiger partial charge in [-0.2, -0.15) is 0 Å². The smallest absolute Gasteiger partial charge is 0.224 e. The van der Waals surface area contributed by atoms with Crippen LogP contribution in [0.1, 0.15) is 16.7 Å². The first-order valence-corrected chi connectivity index (χ1v) is 7.91. The highest BCUT2D eigenvalue weighted by Gasteiger charge is 2.13. The molecule has 0 radical (unpaired) electrons. The van der Waals surface area contributed by atoms with Crippen LogP contribution in [0, 0.1) is 6.92 Å². The third kappa shape index (κ3) is 4.25. The summed E-state index contributed by atoms with van der Waals surface area (Å²) in [5.41, 5.74) is 3.37. The number of hydrogen-bond donors (Lipinski definition) is 1. The molecule has 0 bridgehead atoms. The summed E-state index contributed by atoms with van der Waals surface area (Å²) < 4.78 is 11.1. The van der Waals surface area contributed by atoms with E-state index in [0.29, 0.717) is 19.6 Å². The summed E-state index contributed by atoms with van der Waals surface area (Å²) >= 11 is 0. The second-order valence-corrected chi connectivity index (χ2v) is 5.73. The number of rotatable bonds is 6. The summed E-state index contributed by atoms with van der Waals surface area (Å²) in [5.74, 6) is 1.79. The molecule has 1 amide bonds. The monoisotopic (exact) mass is 311 g/mol.